The van der Waals surface area contributed by atoms with E-state index in [1.165, 1.54) is 35.6 Å². The summed E-state index contributed by atoms with van der Waals surface area (Å²) in [6.07, 6.45) is 0. The Bertz CT molecular complexity index is 1020. The van der Waals surface area contributed by atoms with Gasteiger partial charge in [-0.1, -0.05) is 23.5 Å². The highest BCUT2D eigenvalue weighted by Gasteiger charge is 2.21. The first-order valence-corrected chi connectivity index (χ1v) is 10.9. The molecule has 0 saturated carbocycles. The maximum absolute atomic E-state index is 12.9. The van der Waals surface area contributed by atoms with Crippen molar-refractivity contribution >= 4 is 42.6 Å². The van der Waals surface area contributed by atoms with Crippen molar-refractivity contribution in [2.45, 2.75) is 31.7 Å². The van der Waals surface area contributed by atoms with Crippen LogP contribution in [-0.4, -0.2) is 31.9 Å². The fourth-order valence-electron chi connectivity index (χ4n) is 2.65. The summed E-state index contributed by atoms with van der Waals surface area (Å²) in [5.41, 5.74) is 1.27. The van der Waals surface area contributed by atoms with E-state index in [1.807, 2.05) is 31.2 Å². The van der Waals surface area contributed by atoms with Gasteiger partial charge in [-0.15, -0.1) is 0 Å². The predicted molar refractivity (Wildman–Crippen MR) is 109 cm³/mol. The van der Waals surface area contributed by atoms with E-state index in [1.54, 1.807) is 18.7 Å². The lowest BCUT2D eigenvalue weighted by molar-refractivity contribution is 0.0988. The highest BCUT2D eigenvalue weighted by Crippen LogP contribution is 2.29. The normalized spacial score (nSPS) is 11.9. The molecule has 3 rings (SSSR count). The number of nitrogens with zero attached hydrogens (tertiary/aromatic N) is 2. The fourth-order valence-corrected chi connectivity index (χ4v) is 4.93. The van der Waals surface area contributed by atoms with Crippen molar-refractivity contribution in [3.05, 3.63) is 54.1 Å². The minimum absolute atomic E-state index is 0.135. The number of thiazole rings is 1. The standard InChI is InChI=1S/C19H21N3O3S2/c1-4-22(19-20-16-7-5-6-8-17(16)26-19)18(23)14-9-11-15(12-10-14)27(24,25)21-13(2)3/h5-13,21H,4H2,1-3H3. The van der Waals surface area contributed by atoms with Crippen LogP contribution in [0, 0.1) is 0 Å². The molecular formula is C19H21N3O3S2. The topological polar surface area (TPSA) is 79.4 Å². The van der Waals surface area contributed by atoms with E-state index in [4.69, 9.17) is 0 Å². The first-order chi connectivity index (χ1) is 12.8. The third-order valence-electron chi connectivity index (χ3n) is 3.88. The molecule has 142 valence electrons. The number of rotatable bonds is 6. The molecular weight excluding hydrogens is 382 g/mol. The molecule has 0 saturated heterocycles. The molecule has 0 fully saturated rings. The molecule has 1 N–H and O–H groups in total. The van der Waals surface area contributed by atoms with Crippen LogP contribution in [-0.2, 0) is 10.0 Å². The van der Waals surface area contributed by atoms with E-state index in [-0.39, 0.29) is 16.8 Å². The summed E-state index contributed by atoms with van der Waals surface area (Å²) in [4.78, 5) is 19.2. The number of fused-ring (bicyclic) bond motifs is 1. The summed E-state index contributed by atoms with van der Waals surface area (Å²) in [5.74, 6) is -0.211. The minimum atomic E-state index is -3.58. The molecule has 8 heteroatoms. The van der Waals surface area contributed by atoms with Crippen molar-refractivity contribution in [2.24, 2.45) is 0 Å². The minimum Gasteiger partial charge on any atom is -0.284 e. The van der Waals surface area contributed by atoms with Crippen LogP contribution in [0.15, 0.2) is 53.4 Å². The number of nitrogens with one attached hydrogen (secondary N) is 1. The number of aromatic nitrogens is 1. The Morgan fingerprint density at radius 2 is 1.81 bits per heavy atom. The lowest BCUT2D eigenvalue weighted by Crippen LogP contribution is -2.31. The summed E-state index contributed by atoms with van der Waals surface area (Å²) < 4.78 is 28.0. The molecule has 0 radical (unpaired) electrons. The molecule has 0 aliphatic heterocycles. The van der Waals surface area contributed by atoms with Crippen LogP contribution in [0.2, 0.25) is 0 Å². The van der Waals surface area contributed by atoms with Crippen LogP contribution in [0.5, 0.6) is 0 Å². The van der Waals surface area contributed by atoms with Crippen LogP contribution in [0.3, 0.4) is 0 Å². The smallest absolute Gasteiger partial charge is 0.260 e. The van der Waals surface area contributed by atoms with Crippen LogP contribution in [0.25, 0.3) is 10.2 Å². The summed E-state index contributed by atoms with van der Waals surface area (Å²) in [6, 6.07) is 13.5. The molecule has 0 bridgehead atoms. The summed E-state index contributed by atoms with van der Waals surface area (Å²) in [5, 5.41) is 0.627. The van der Waals surface area contributed by atoms with E-state index in [0.29, 0.717) is 17.2 Å². The molecule has 1 amide bonds. The Morgan fingerprint density at radius 1 is 1.15 bits per heavy atom. The van der Waals surface area contributed by atoms with Gasteiger partial charge in [-0.05, 0) is 57.2 Å². The van der Waals surface area contributed by atoms with E-state index in [0.717, 1.165) is 10.2 Å². The number of carbonyl (C=O) groups excluding carboxylic acids is 1. The maximum atomic E-state index is 12.9. The van der Waals surface area contributed by atoms with Gasteiger partial charge >= 0.3 is 0 Å². The first-order valence-electron chi connectivity index (χ1n) is 8.61. The molecule has 1 aromatic heterocycles. The Morgan fingerprint density at radius 3 is 2.41 bits per heavy atom. The Labute approximate surface area is 162 Å². The lowest BCUT2D eigenvalue weighted by atomic mass is 10.2. The number of hydrogen-bond donors (Lipinski definition) is 1. The molecule has 0 unspecified atom stereocenters. The van der Waals surface area contributed by atoms with Crippen LogP contribution >= 0.6 is 11.3 Å². The van der Waals surface area contributed by atoms with Crippen molar-refractivity contribution in [3.8, 4) is 0 Å². The van der Waals surface area contributed by atoms with Gasteiger partial charge in [0.25, 0.3) is 5.91 Å². The van der Waals surface area contributed by atoms with Crippen LogP contribution in [0.1, 0.15) is 31.1 Å². The highest BCUT2D eigenvalue weighted by atomic mass is 32.2. The lowest BCUT2D eigenvalue weighted by Gasteiger charge is -2.18. The van der Waals surface area contributed by atoms with Gasteiger partial charge in [-0.25, -0.2) is 18.1 Å². The van der Waals surface area contributed by atoms with Gasteiger partial charge in [0, 0.05) is 18.2 Å². The van der Waals surface area contributed by atoms with Crippen molar-refractivity contribution < 1.29 is 13.2 Å². The zero-order valence-corrected chi connectivity index (χ0v) is 17.0. The zero-order chi connectivity index (χ0) is 19.6. The Hall–Kier alpha value is -2.29. The second-order valence-electron chi connectivity index (χ2n) is 6.31. The highest BCUT2D eigenvalue weighted by molar-refractivity contribution is 7.89. The molecule has 2 aromatic carbocycles. The first kappa shape index (κ1) is 19.5. The number of benzene rings is 2. The SMILES string of the molecule is CCN(C(=O)c1ccc(S(=O)(=O)NC(C)C)cc1)c1nc2ccccc2s1. The van der Waals surface area contributed by atoms with E-state index >= 15 is 0 Å². The summed E-state index contributed by atoms with van der Waals surface area (Å²) in [6.45, 7) is 5.86. The number of amides is 1. The molecule has 0 spiro atoms. The average molecular weight is 404 g/mol. The number of sulfonamides is 1. The third kappa shape index (κ3) is 4.18. The molecule has 1 heterocycles. The number of para-hydroxylation sites is 1. The monoisotopic (exact) mass is 403 g/mol. The van der Waals surface area contributed by atoms with Gasteiger partial charge < -0.3 is 0 Å². The van der Waals surface area contributed by atoms with Crippen molar-refractivity contribution in [1.82, 2.24) is 9.71 Å². The Kier molecular flexibility index (Phi) is 5.59. The van der Waals surface area contributed by atoms with Gasteiger partial charge in [-0.2, -0.15) is 0 Å². The van der Waals surface area contributed by atoms with Gasteiger partial charge in [0.15, 0.2) is 5.13 Å². The van der Waals surface area contributed by atoms with Gasteiger partial charge in [0.1, 0.15) is 0 Å². The van der Waals surface area contributed by atoms with E-state index in [2.05, 4.69) is 9.71 Å². The average Bonchev–Trinajstić information content (AvgIpc) is 3.05. The molecule has 27 heavy (non-hydrogen) atoms. The largest absolute Gasteiger partial charge is 0.284 e. The number of carbonyl (C=O) groups is 1. The molecule has 6 nitrogen and oxygen atoms in total. The fraction of sp³-hybridized carbons (Fsp3) is 0.263. The zero-order valence-electron chi connectivity index (χ0n) is 15.3. The van der Waals surface area contributed by atoms with Gasteiger partial charge in [-0.3, -0.25) is 9.69 Å². The molecule has 3 aromatic rings. The third-order valence-corrected chi connectivity index (χ3v) is 6.61. The van der Waals surface area contributed by atoms with Crippen molar-refractivity contribution in [3.63, 3.8) is 0 Å². The molecule has 0 aliphatic carbocycles. The predicted octanol–water partition coefficient (Wildman–Crippen LogP) is 3.65. The molecule has 0 aliphatic rings. The second-order valence-corrected chi connectivity index (χ2v) is 9.04. The Balaban J connectivity index is 1.87. The number of hydrogen-bond acceptors (Lipinski definition) is 5. The molecule has 0 atom stereocenters. The summed E-state index contributed by atoms with van der Waals surface area (Å²) >= 11 is 1.46. The van der Waals surface area contributed by atoms with Gasteiger partial charge in [0.2, 0.25) is 10.0 Å². The maximum Gasteiger partial charge on any atom is 0.260 e. The quantitative estimate of drug-likeness (QED) is 0.681. The van der Waals surface area contributed by atoms with Crippen LogP contribution in [0.4, 0.5) is 5.13 Å². The summed E-state index contributed by atoms with van der Waals surface area (Å²) in [7, 11) is -3.58. The van der Waals surface area contributed by atoms with Gasteiger partial charge in [0.05, 0.1) is 15.1 Å². The van der Waals surface area contributed by atoms with E-state index < -0.39 is 10.0 Å². The van der Waals surface area contributed by atoms with Crippen molar-refractivity contribution in [2.75, 3.05) is 11.4 Å². The van der Waals surface area contributed by atoms with E-state index in [9.17, 15) is 13.2 Å². The second kappa shape index (κ2) is 7.75. The number of anilines is 1. The van der Waals surface area contributed by atoms with Crippen LogP contribution < -0.4 is 9.62 Å². The van der Waals surface area contributed by atoms with Crippen molar-refractivity contribution in [1.29, 1.82) is 0 Å².